The van der Waals surface area contributed by atoms with Gasteiger partial charge >= 0.3 is 5.97 Å². The summed E-state index contributed by atoms with van der Waals surface area (Å²) in [7, 11) is 1.45. The molecule has 0 atom stereocenters. The van der Waals surface area contributed by atoms with Crippen molar-refractivity contribution in [2.45, 2.75) is 155 Å². The predicted octanol–water partition coefficient (Wildman–Crippen LogP) is 7.90. The molecule has 212 valence electrons. The van der Waals surface area contributed by atoms with E-state index in [1.54, 1.807) is 0 Å². The first-order chi connectivity index (χ1) is 17.6. The van der Waals surface area contributed by atoms with Gasteiger partial charge in [0.25, 0.3) is 0 Å². The highest BCUT2D eigenvalue weighted by molar-refractivity contribution is 5.76. The van der Waals surface area contributed by atoms with Gasteiger partial charge in [-0.1, -0.05) is 110 Å². The van der Waals surface area contributed by atoms with Crippen molar-refractivity contribution in [3.05, 3.63) is 0 Å². The van der Waals surface area contributed by atoms with Crippen molar-refractivity contribution in [3.63, 3.8) is 0 Å². The number of carbonyl (C=O) groups is 2. The summed E-state index contributed by atoms with van der Waals surface area (Å²) in [5, 5.41) is 0. The number of methoxy groups -OCH3 is 1. The van der Waals surface area contributed by atoms with Gasteiger partial charge in [0, 0.05) is 38.6 Å². The van der Waals surface area contributed by atoms with Crippen molar-refractivity contribution >= 4 is 11.9 Å². The summed E-state index contributed by atoms with van der Waals surface area (Å²) in [4.78, 5) is 29.0. The fourth-order valence-electron chi connectivity index (χ4n) is 5.44. The smallest absolute Gasteiger partial charge is 0.306 e. The number of hydrogen-bond donors (Lipinski definition) is 0. The maximum atomic E-state index is 13.1. The Balaban J connectivity index is 2.10. The Morgan fingerprint density at radius 1 is 0.694 bits per heavy atom. The van der Waals surface area contributed by atoms with Gasteiger partial charge < -0.3 is 14.5 Å². The molecule has 0 N–H and O–H groups in total. The van der Waals surface area contributed by atoms with Crippen molar-refractivity contribution in [3.8, 4) is 0 Å². The summed E-state index contributed by atoms with van der Waals surface area (Å²) in [6.45, 7) is 8.09. The van der Waals surface area contributed by atoms with Gasteiger partial charge in [0.2, 0.25) is 5.91 Å². The lowest BCUT2D eigenvalue weighted by molar-refractivity contribution is -0.141. The molecule has 1 saturated heterocycles. The molecule has 0 spiro atoms. The Hall–Kier alpha value is -1.10. The third kappa shape index (κ3) is 16.6. The number of nitrogens with zero attached hydrogens (tertiary/aromatic N) is 2. The van der Waals surface area contributed by atoms with E-state index in [1.807, 2.05) is 0 Å². The average molecular weight is 509 g/mol. The fourth-order valence-corrected chi connectivity index (χ4v) is 5.44. The molecule has 1 aliphatic heterocycles. The third-order valence-corrected chi connectivity index (χ3v) is 7.92. The summed E-state index contributed by atoms with van der Waals surface area (Å²) >= 11 is 0. The van der Waals surface area contributed by atoms with Crippen molar-refractivity contribution in [2.75, 3.05) is 33.3 Å². The zero-order valence-electron chi connectivity index (χ0n) is 24.4. The summed E-state index contributed by atoms with van der Waals surface area (Å²) in [6, 6.07) is 0.370. The molecule has 0 radical (unpaired) electrons. The van der Waals surface area contributed by atoms with Crippen LogP contribution in [0.2, 0.25) is 0 Å². The first kappa shape index (κ1) is 32.9. The fraction of sp³-hybridized carbons (Fsp3) is 0.935. The number of likely N-dealkylation sites (tertiary alicyclic amines) is 1. The molecule has 0 aliphatic carbocycles. The molecule has 0 unspecified atom stereocenters. The van der Waals surface area contributed by atoms with Crippen LogP contribution in [0.5, 0.6) is 0 Å². The maximum absolute atomic E-state index is 13.1. The summed E-state index contributed by atoms with van der Waals surface area (Å²) in [6.07, 6.45) is 25.7. The van der Waals surface area contributed by atoms with Crippen LogP contribution in [0.4, 0.5) is 0 Å². The summed E-state index contributed by atoms with van der Waals surface area (Å²) < 4.78 is 4.76. The number of ether oxygens (including phenoxy) is 1. The topological polar surface area (TPSA) is 49.9 Å². The Bertz CT molecular complexity index is 532. The molecule has 1 amide bonds. The molecule has 1 fully saturated rings. The lowest BCUT2D eigenvalue weighted by Crippen LogP contribution is -2.48. The molecular weight excluding hydrogens is 448 g/mol. The van der Waals surface area contributed by atoms with Gasteiger partial charge in [0.1, 0.15) is 0 Å². The number of carbonyl (C=O) groups excluding carboxylic acids is 2. The summed E-state index contributed by atoms with van der Waals surface area (Å²) in [5.74, 6) is 0.228. The second-order valence-electron chi connectivity index (χ2n) is 11.0. The molecule has 1 heterocycles. The summed E-state index contributed by atoms with van der Waals surface area (Å²) in [5.41, 5.74) is 0. The van der Waals surface area contributed by atoms with E-state index in [0.717, 1.165) is 58.3 Å². The minimum atomic E-state index is -0.139. The minimum absolute atomic E-state index is 0.139. The molecule has 0 aromatic heterocycles. The molecule has 5 heteroatoms. The van der Waals surface area contributed by atoms with E-state index in [9.17, 15) is 9.59 Å². The van der Waals surface area contributed by atoms with Crippen LogP contribution < -0.4 is 0 Å². The zero-order chi connectivity index (χ0) is 26.3. The molecule has 0 saturated carbocycles. The van der Waals surface area contributed by atoms with Crippen molar-refractivity contribution < 1.29 is 14.3 Å². The van der Waals surface area contributed by atoms with Crippen LogP contribution in [0.1, 0.15) is 149 Å². The van der Waals surface area contributed by atoms with E-state index in [1.165, 1.54) is 97.0 Å². The Morgan fingerprint density at radius 2 is 1.17 bits per heavy atom. The first-order valence-corrected chi connectivity index (χ1v) is 15.7. The molecule has 0 aromatic rings. The molecule has 0 aromatic carbocycles. The van der Waals surface area contributed by atoms with Gasteiger partial charge in [0.05, 0.1) is 13.5 Å². The number of piperidine rings is 1. The zero-order valence-corrected chi connectivity index (χ0v) is 24.4. The molecule has 1 aliphatic rings. The standard InChI is InChI=1S/C31H60N2O3/c1-4-6-8-9-10-11-12-13-14-15-16-17-18-19-20-21-30(34)33(25-7-5-2)29-22-26-32(27-23-29)28-24-31(35)36-3/h29H,4-28H2,1-3H3. The van der Waals surface area contributed by atoms with Gasteiger partial charge in [-0.3, -0.25) is 9.59 Å². The number of esters is 1. The van der Waals surface area contributed by atoms with E-state index in [4.69, 9.17) is 4.74 Å². The van der Waals surface area contributed by atoms with Crippen LogP contribution in [-0.2, 0) is 14.3 Å². The van der Waals surface area contributed by atoms with E-state index in [2.05, 4.69) is 23.6 Å². The van der Waals surface area contributed by atoms with E-state index < -0.39 is 0 Å². The highest BCUT2D eigenvalue weighted by Gasteiger charge is 2.27. The van der Waals surface area contributed by atoms with Crippen molar-refractivity contribution in [1.29, 1.82) is 0 Å². The Labute approximate surface area is 224 Å². The lowest BCUT2D eigenvalue weighted by atomic mass is 10.0. The largest absolute Gasteiger partial charge is 0.469 e. The Morgan fingerprint density at radius 3 is 1.64 bits per heavy atom. The lowest BCUT2D eigenvalue weighted by Gasteiger charge is -2.38. The van der Waals surface area contributed by atoms with Gasteiger partial charge in [-0.15, -0.1) is 0 Å². The number of rotatable bonds is 23. The second-order valence-corrected chi connectivity index (χ2v) is 11.0. The SMILES string of the molecule is CCCCCCCCCCCCCCCCCC(=O)N(CCCC)C1CCN(CCC(=O)OC)CC1. The maximum Gasteiger partial charge on any atom is 0.306 e. The molecular formula is C31H60N2O3. The van der Waals surface area contributed by atoms with Crippen LogP contribution in [0, 0.1) is 0 Å². The van der Waals surface area contributed by atoms with Crippen molar-refractivity contribution in [1.82, 2.24) is 9.80 Å². The van der Waals surface area contributed by atoms with Gasteiger partial charge in [-0.2, -0.15) is 0 Å². The molecule has 5 nitrogen and oxygen atoms in total. The van der Waals surface area contributed by atoms with E-state index in [-0.39, 0.29) is 5.97 Å². The van der Waals surface area contributed by atoms with E-state index in [0.29, 0.717) is 24.8 Å². The Kier molecular flexibility index (Phi) is 21.1. The van der Waals surface area contributed by atoms with E-state index >= 15 is 0 Å². The van der Waals surface area contributed by atoms with Crippen LogP contribution in [-0.4, -0.2) is 61.0 Å². The van der Waals surface area contributed by atoms with Crippen LogP contribution in [0.3, 0.4) is 0 Å². The number of unbranched alkanes of at least 4 members (excludes halogenated alkanes) is 15. The normalized spacial score (nSPS) is 14.8. The molecule has 0 bridgehead atoms. The van der Waals surface area contributed by atoms with Gasteiger partial charge in [-0.05, 0) is 25.7 Å². The van der Waals surface area contributed by atoms with Crippen LogP contribution >= 0.6 is 0 Å². The number of hydrogen-bond acceptors (Lipinski definition) is 4. The van der Waals surface area contributed by atoms with Gasteiger partial charge in [-0.25, -0.2) is 0 Å². The molecule has 36 heavy (non-hydrogen) atoms. The second kappa shape index (κ2) is 23.0. The predicted molar refractivity (Wildman–Crippen MR) is 152 cm³/mol. The highest BCUT2D eigenvalue weighted by Crippen LogP contribution is 2.20. The monoisotopic (exact) mass is 508 g/mol. The number of amides is 1. The third-order valence-electron chi connectivity index (χ3n) is 7.92. The van der Waals surface area contributed by atoms with Crippen LogP contribution in [0.25, 0.3) is 0 Å². The minimum Gasteiger partial charge on any atom is -0.469 e. The van der Waals surface area contributed by atoms with Crippen LogP contribution in [0.15, 0.2) is 0 Å². The van der Waals surface area contributed by atoms with Crippen molar-refractivity contribution in [2.24, 2.45) is 0 Å². The average Bonchev–Trinajstić information content (AvgIpc) is 2.90. The highest BCUT2D eigenvalue weighted by atomic mass is 16.5. The van der Waals surface area contributed by atoms with Gasteiger partial charge in [0.15, 0.2) is 0 Å². The quantitative estimate of drug-likeness (QED) is 0.104. The molecule has 1 rings (SSSR count). The first-order valence-electron chi connectivity index (χ1n) is 15.7.